The fourth-order valence-electron chi connectivity index (χ4n) is 1.92. The lowest BCUT2D eigenvalue weighted by molar-refractivity contribution is -0.122. The van der Waals surface area contributed by atoms with Gasteiger partial charge in [0.05, 0.1) is 6.10 Å². The monoisotopic (exact) mass is 238 g/mol. The zero-order chi connectivity index (χ0) is 12.3. The Labute approximate surface area is 100 Å². The second-order valence-corrected chi connectivity index (χ2v) is 4.31. The van der Waals surface area contributed by atoms with Crippen LogP contribution in [-0.4, -0.2) is 34.9 Å². The fraction of sp³-hybridized carbons (Fsp3) is 0.636. The first-order chi connectivity index (χ1) is 8.15. The molecule has 94 valence electrons. The summed E-state index contributed by atoms with van der Waals surface area (Å²) in [5.41, 5.74) is 6.43. The lowest BCUT2D eigenvalue weighted by atomic mass is 10.2. The van der Waals surface area contributed by atoms with Crippen molar-refractivity contribution in [1.82, 2.24) is 15.1 Å². The van der Waals surface area contributed by atoms with Crippen LogP contribution in [0.25, 0.3) is 0 Å². The minimum Gasteiger partial charge on any atom is -0.382 e. The average Bonchev–Trinajstić information content (AvgIpc) is 2.87. The number of aromatic nitrogens is 2. The van der Waals surface area contributed by atoms with Gasteiger partial charge in [0, 0.05) is 24.9 Å². The van der Waals surface area contributed by atoms with E-state index < -0.39 is 0 Å². The Morgan fingerprint density at radius 1 is 1.76 bits per heavy atom. The quantitative estimate of drug-likeness (QED) is 0.777. The maximum atomic E-state index is 11.7. The molecule has 1 aliphatic heterocycles. The molecule has 1 atom stereocenters. The fourth-order valence-corrected chi connectivity index (χ4v) is 1.92. The molecule has 1 aromatic rings. The van der Waals surface area contributed by atoms with Gasteiger partial charge in [-0.25, -0.2) is 0 Å². The van der Waals surface area contributed by atoms with E-state index in [1.807, 2.05) is 6.92 Å². The third-order valence-corrected chi connectivity index (χ3v) is 2.84. The van der Waals surface area contributed by atoms with Crippen molar-refractivity contribution in [3.63, 3.8) is 0 Å². The van der Waals surface area contributed by atoms with Crippen molar-refractivity contribution in [3.8, 4) is 0 Å². The Hall–Kier alpha value is -1.56. The molecule has 0 aliphatic carbocycles. The van der Waals surface area contributed by atoms with E-state index in [2.05, 4.69) is 10.4 Å². The van der Waals surface area contributed by atoms with Gasteiger partial charge in [0.25, 0.3) is 0 Å². The van der Waals surface area contributed by atoms with E-state index in [0.29, 0.717) is 12.4 Å². The second-order valence-electron chi connectivity index (χ2n) is 4.31. The zero-order valence-electron chi connectivity index (χ0n) is 9.98. The molecule has 1 aromatic heterocycles. The topological polar surface area (TPSA) is 82.2 Å². The lowest BCUT2D eigenvalue weighted by Crippen LogP contribution is -2.34. The number of hydrogen-bond acceptors (Lipinski definition) is 4. The third kappa shape index (κ3) is 3.20. The van der Waals surface area contributed by atoms with Gasteiger partial charge in [-0.05, 0) is 19.8 Å². The van der Waals surface area contributed by atoms with Gasteiger partial charge < -0.3 is 15.8 Å². The highest BCUT2D eigenvalue weighted by molar-refractivity contribution is 5.75. The van der Waals surface area contributed by atoms with Gasteiger partial charge in [-0.3, -0.25) is 9.48 Å². The number of hydrogen-bond donors (Lipinski definition) is 2. The van der Waals surface area contributed by atoms with Crippen molar-refractivity contribution < 1.29 is 9.53 Å². The lowest BCUT2D eigenvalue weighted by Gasteiger charge is -2.11. The maximum absolute atomic E-state index is 11.7. The van der Waals surface area contributed by atoms with Crippen LogP contribution < -0.4 is 11.1 Å². The predicted octanol–water partition coefficient (Wildman–Crippen LogP) is 0.0689. The summed E-state index contributed by atoms with van der Waals surface area (Å²) in [5.74, 6) is 0.376. The molecule has 17 heavy (non-hydrogen) atoms. The summed E-state index contributed by atoms with van der Waals surface area (Å²) in [6, 6.07) is 1.74. The van der Waals surface area contributed by atoms with Crippen LogP contribution in [0, 0.1) is 6.92 Å². The number of nitrogens with zero attached hydrogens (tertiary/aromatic N) is 2. The molecule has 2 rings (SSSR count). The number of ether oxygens (including phenoxy) is 1. The molecule has 0 aromatic carbocycles. The van der Waals surface area contributed by atoms with Crippen LogP contribution in [0.1, 0.15) is 18.5 Å². The first-order valence-electron chi connectivity index (χ1n) is 5.83. The minimum atomic E-state index is -0.0632. The highest BCUT2D eigenvalue weighted by Gasteiger charge is 2.16. The normalized spacial score (nSPS) is 19.5. The highest BCUT2D eigenvalue weighted by atomic mass is 16.5. The maximum Gasteiger partial charge on any atom is 0.241 e. The smallest absolute Gasteiger partial charge is 0.241 e. The summed E-state index contributed by atoms with van der Waals surface area (Å²) in [4.78, 5) is 11.7. The third-order valence-electron chi connectivity index (χ3n) is 2.84. The number of amides is 1. The van der Waals surface area contributed by atoms with Crippen molar-refractivity contribution in [2.45, 2.75) is 32.4 Å². The van der Waals surface area contributed by atoms with Gasteiger partial charge in [-0.2, -0.15) is 5.10 Å². The molecule has 0 spiro atoms. The summed E-state index contributed by atoms with van der Waals surface area (Å²) < 4.78 is 7.02. The van der Waals surface area contributed by atoms with E-state index in [1.54, 1.807) is 10.7 Å². The molecule has 3 N–H and O–H groups in total. The summed E-state index contributed by atoms with van der Waals surface area (Å²) in [5, 5.41) is 6.88. The molecule has 0 bridgehead atoms. The van der Waals surface area contributed by atoms with E-state index in [0.717, 1.165) is 25.1 Å². The number of nitrogens with two attached hydrogens (primary N) is 1. The van der Waals surface area contributed by atoms with Gasteiger partial charge in [0.15, 0.2) is 0 Å². The van der Waals surface area contributed by atoms with Crippen LogP contribution in [0.3, 0.4) is 0 Å². The molecule has 2 heterocycles. The summed E-state index contributed by atoms with van der Waals surface area (Å²) in [6.07, 6.45) is 2.27. The number of anilines is 1. The van der Waals surface area contributed by atoms with Gasteiger partial charge in [-0.15, -0.1) is 0 Å². The number of nitrogens with one attached hydrogen (secondary N) is 1. The summed E-state index contributed by atoms with van der Waals surface area (Å²) >= 11 is 0. The van der Waals surface area contributed by atoms with Crippen molar-refractivity contribution in [3.05, 3.63) is 11.8 Å². The molecule has 1 saturated heterocycles. The first kappa shape index (κ1) is 11.9. The molecule has 1 unspecified atom stereocenters. The molecule has 1 fully saturated rings. The standard InChI is InChI=1S/C11H18N4O2/c1-8-5-10(12)14-15(8)7-11(16)13-6-9-3-2-4-17-9/h5,9H,2-4,6-7H2,1H3,(H2,12,14)(H,13,16). The molecule has 0 saturated carbocycles. The number of carbonyl (C=O) groups is 1. The van der Waals surface area contributed by atoms with Crippen LogP contribution in [0.15, 0.2) is 6.07 Å². The molecule has 6 heteroatoms. The Morgan fingerprint density at radius 3 is 3.18 bits per heavy atom. The van der Waals surface area contributed by atoms with Crippen molar-refractivity contribution >= 4 is 11.7 Å². The summed E-state index contributed by atoms with van der Waals surface area (Å²) in [6.45, 7) is 3.45. The van der Waals surface area contributed by atoms with Crippen LogP contribution in [-0.2, 0) is 16.1 Å². The highest BCUT2D eigenvalue weighted by Crippen LogP contribution is 2.10. The van der Waals surface area contributed by atoms with E-state index in [1.165, 1.54) is 0 Å². The predicted molar refractivity (Wildman–Crippen MR) is 63.4 cm³/mol. The van der Waals surface area contributed by atoms with Crippen LogP contribution in [0.2, 0.25) is 0 Å². The Kier molecular flexibility index (Phi) is 3.63. The van der Waals surface area contributed by atoms with E-state index in [9.17, 15) is 4.79 Å². The second kappa shape index (κ2) is 5.18. The first-order valence-corrected chi connectivity index (χ1v) is 5.83. The van der Waals surface area contributed by atoms with Gasteiger partial charge in [-0.1, -0.05) is 0 Å². The molecule has 0 radical (unpaired) electrons. The van der Waals surface area contributed by atoms with E-state index in [-0.39, 0.29) is 18.6 Å². The molecule has 6 nitrogen and oxygen atoms in total. The SMILES string of the molecule is Cc1cc(N)nn1CC(=O)NCC1CCCO1. The number of carbonyl (C=O) groups excluding carboxylic acids is 1. The van der Waals surface area contributed by atoms with Crippen molar-refractivity contribution in [1.29, 1.82) is 0 Å². The minimum absolute atomic E-state index is 0.0632. The van der Waals surface area contributed by atoms with Crippen molar-refractivity contribution in [2.24, 2.45) is 0 Å². The van der Waals surface area contributed by atoms with Crippen LogP contribution in [0.4, 0.5) is 5.82 Å². The Bertz CT molecular complexity index is 396. The van der Waals surface area contributed by atoms with E-state index >= 15 is 0 Å². The summed E-state index contributed by atoms with van der Waals surface area (Å²) in [7, 11) is 0. The average molecular weight is 238 g/mol. The molecular formula is C11H18N4O2. The number of nitrogen functional groups attached to an aromatic ring is 1. The van der Waals surface area contributed by atoms with Gasteiger partial charge in [0.1, 0.15) is 12.4 Å². The zero-order valence-corrected chi connectivity index (χ0v) is 9.98. The largest absolute Gasteiger partial charge is 0.382 e. The molecule has 1 amide bonds. The van der Waals surface area contributed by atoms with Crippen LogP contribution >= 0.6 is 0 Å². The molecular weight excluding hydrogens is 220 g/mol. The van der Waals surface area contributed by atoms with E-state index in [4.69, 9.17) is 10.5 Å². The Morgan fingerprint density at radius 2 is 2.59 bits per heavy atom. The number of aryl methyl sites for hydroxylation is 1. The molecule has 1 aliphatic rings. The van der Waals surface area contributed by atoms with Crippen LogP contribution in [0.5, 0.6) is 0 Å². The van der Waals surface area contributed by atoms with Gasteiger partial charge in [0.2, 0.25) is 5.91 Å². The Balaban J connectivity index is 1.78. The number of rotatable bonds is 4. The van der Waals surface area contributed by atoms with Crippen molar-refractivity contribution in [2.75, 3.05) is 18.9 Å². The van der Waals surface area contributed by atoms with Gasteiger partial charge >= 0.3 is 0 Å².